The van der Waals surface area contributed by atoms with Crippen LogP contribution in [0, 0.1) is 5.92 Å². The molecule has 2 rings (SSSR count). The molecule has 0 spiro atoms. The number of carbonyl (C=O) groups is 1. The molecular weight excluding hydrogens is 180 g/mol. The summed E-state index contributed by atoms with van der Waals surface area (Å²) in [4.78, 5) is 13.6. The summed E-state index contributed by atoms with van der Waals surface area (Å²) < 4.78 is 5.20. The van der Waals surface area contributed by atoms with Crippen LogP contribution in [-0.4, -0.2) is 42.8 Å². The van der Waals surface area contributed by atoms with E-state index in [2.05, 4.69) is 5.32 Å². The SMILES string of the molecule is CC(C)OC(=O)N1CC[C@@H]2CNC[C@@H]21. The molecule has 0 unspecified atom stereocenters. The largest absolute Gasteiger partial charge is 0.447 e. The molecule has 2 heterocycles. The van der Waals surface area contributed by atoms with E-state index in [1.165, 1.54) is 0 Å². The number of likely N-dealkylation sites (tertiary alicyclic amines) is 1. The summed E-state index contributed by atoms with van der Waals surface area (Å²) in [7, 11) is 0. The van der Waals surface area contributed by atoms with Gasteiger partial charge in [-0.2, -0.15) is 0 Å². The van der Waals surface area contributed by atoms with E-state index in [-0.39, 0.29) is 12.2 Å². The van der Waals surface area contributed by atoms with Crippen molar-refractivity contribution >= 4 is 6.09 Å². The fraction of sp³-hybridized carbons (Fsp3) is 0.900. The van der Waals surface area contributed by atoms with E-state index >= 15 is 0 Å². The summed E-state index contributed by atoms with van der Waals surface area (Å²) in [5.41, 5.74) is 0. The number of nitrogens with one attached hydrogen (secondary N) is 1. The van der Waals surface area contributed by atoms with Crippen LogP contribution >= 0.6 is 0 Å². The zero-order valence-corrected chi connectivity index (χ0v) is 8.82. The van der Waals surface area contributed by atoms with Crippen LogP contribution in [0.2, 0.25) is 0 Å². The summed E-state index contributed by atoms with van der Waals surface area (Å²) in [6.07, 6.45) is 0.956. The molecule has 80 valence electrons. The molecule has 4 nitrogen and oxygen atoms in total. The average Bonchev–Trinajstić information content (AvgIpc) is 2.59. The van der Waals surface area contributed by atoms with Crippen molar-refractivity contribution in [3.05, 3.63) is 0 Å². The quantitative estimate of drug-likeness (QED) is 0.678. The molecule has 0 aromatic carbocycles. The average molecular weight is 198 g/mol. The maximum Gasteiger partial charge on any atom is 0.410 e. The lowest BCUT2D eigenvalue weighted by Gasteiger charge is -2.23. The number of amides is 1. The molecular formula is C10H18N2O2. The van der Waals surface area contributed by atoms with Gasteiger partial charge in [0.05, 0.1) is 12.1 Å². The highest BCUT2D eigenvalue weighted by Gasteiger charge is 2.40. The van der Waals surface area contributed by atoms with Gasteiger partial charge < -0.3 is 15.0 Å². The zero-order chi connectivity index (χ0) is 10.1. The first-order valence-electron chi connectivity index (χ1n) is 5.36. The molecule has 2 aliphatic heterocycles. The lowest BCUT2D eigenvalue weighted by Crippen LogP contribution is -2.40. The Morgan fingerprint density at radius 1 is 1.50 bits per heavy atom. The van der Waals surface area contributed by atoms with Crippen LogP contribution in [0.5, 0.6) is 0 Å². The molecule has 0 aromatic rings. The highest BCUT2D eigenvalue weighted by Crippen LogP contribution is 2.27. The van der Waals surface area contributed by atoms with Gasteiger partial charge in [-0.05, 0) is 26.2 Å². The summed E-state index contributed by atoms with van der Waals surface area (Å²) in [5.74, 6) is 0.648. The first-order valence-corrected chi connectivity index (χ1v) is 5.36. The minimum atomic E-state index is -0.142. The first-order chi connectivity index (χ1) is 6.68. The minimum absolute atomic E-state index is 0.0177. The molecule has 0 aliphatic carbocycles. The van der Waals surface area contributed by atoms with E-state index < -0.39 is 0 Å². The summed E-state index contributed by atoms with van der Waals surface area (Å²) in [5, 5.41) is 3.31. The van der Waals surface area contributed by atoms with Gasteiger partial charge in [0.1, 0.15) is 0 Å². The van der Waals surface area contributed by atoms with Crippen LogP contribution in [0.25, 0.3) is 0 Å². The third kappa shape index (κ3) is 1.71. The van der Waals surface area contributed by atoms with Gasteiger partial charge in [-0.25, -0.2) is 4.79 Å². The molecule has 14 heavy (non-hydrogen) atoms. The lowest BCUT2D eigenvalue weighted by atomic mass is 10.1. The second kappa shape index (κ2) is 3.77. The molecule has 1 N–H and O–H groups in total. The Kier molecular flexibility index (Phi) is 2.63. The summed E-state index contributed by atoms with van der Waals surface area (Å²) >= 11 is 0. The number of ether oxygens (including phenoxy) is 1. The van der Waals surface area contributed by atoms with Crippen molar-refractivity contribution in [2.24, 2.45) is 5.92 Å². The normalized spacial score (nSPS) is 30.9. The molecule has 2 fully saturated rings. The standard InChI is InChI=1S/C10H18N2O2/c1-7(2)14-10(13)12-4-3-8-5-11-6-9(8)12/h7-9,11H,3-6H2,1-2H3/t8-,9+/m1/s1. The van der Waals surface area contributed by atoms with Crippen LogP contribution in [-0.2, 0) is 4.74 Å². The molecule has 0 aromatic heterocycles. The third-order valence-electron chi connectivity index (χ3n) is 3.02. The molecule has 2 aliphatic rings. The first kappa shape index (κ1) is 9.77. The van der Waals surface area contributed by atoms with Crippen molar-refractivity contribution in [3.8, 4) is 0 Å². The number of hydrogen-bond donors (Lipinski definition) is 1. The predicted octanol–water partition coefficient (Wildman–Crippen LogP) is 0.825. The molecule has 1 amide bonds. The fourth-order valence-electron chi connectivity index (χ4n) is 2.35. The van der Waals surface area contributed by atoms with Crippen LogP contribution in [0.15, 0.2) is 0 Å². The van der Waals surface area contributed by atoms with Crippen molar-refractivity contribution in [2.45, 2.75) is 32.4 Å². The van der Waals surface area contributed by atoms with Gasteiger partial charge in [0, 0.05) is 19.6 Å². The number of carbonyl (C=O) groups excluding carboxylic acids is 1. The molecule has 2 saturated heterocycles. The smallest absolute Gasteiger partial charge is 0.410 e. The number of fused-ring (bicyclic) bond motifs is 1. The monoisotopic (exact) mass is 198 g/mol. The van der Waals surface area contributed by atoms with Crippen LogP contribution in [0.4, 0.5) is 4.79 Å². The van der Waals surface area contributed by atoms with Crippen LogP contribution in [0.1, 0.15) is 20.3 Å². The van der Waals surface area contributed by atoms with Crippen molar-refractivity contribution in [1.29, 1.82) is 0 Å². The van der Waals surface area contributed by atoms with Crippen molar-refractivity contribution in [3.63, 3.8) is 0 Å². The number of hydrogen-bond acceptors (Lipinski definition) is 3. The van der Waals surface area contributed by atoms with Gasteiger partial charge in [0.2, 0.25) is 0 Å². The van der Waals surface area contributed by atoms with E-state index in [4.69, 9.17) is 4.74 Å². The Bertz CT molecular complexity index is 230. The molecule has 4 heteroatoms. The van der Waals surface area contributed by atoms with E-state index in [0.717, 1.165) is 26.1 Å². The Balaban J connectivity index is 1.94. The highest BCUT2D eigenvalue weighted by molar-refractivity contribution is 5.68. The van der Waals surface area contributed by atoms with Crippen LogP contribution in [0.3, 0.4) is 0 Å². The topological polar surface area (TPSA) is 41.6 Å². The van der Waals surface area contributed by atoms with Gasteiger partial charge in [-0.3, -0.25) is 0 Å². The molecule has 0 radical (unpaired) electrons. The second-order valence-electron chi connectivity index (χ2n) is 4.40. The van der Waals surface area contributed by atoms with E-state index in [0.29, 0.717) is 12.0 Å². The molecule has 2 atom stereocenters. The Morgan fingerprint density at radius 2 is 2.29 bits per heavy atom. The van der Waals surface area contributed by atoms with Crippen molar-refractivity contribution in [2.75, 3.05) is 19.6 Å². The molecule has 0 saturated carbocycles. The van der Waals surface area contributed by atoms with E-state index in [1.54, 1.807) is 0 Å². The van der Waals surface area contributed by atoms with Gasteiger partial charge >= 0.3 is 6.09 Å². The Morgan fingerprint density at radius 3 is 3.00 bits per heavy atom. The Labute approximate surface area is 84.6 Å². The summed E-state index contributed by atoms with van der Waals surface area (Å²) in [6, 6.07) is 0.376. The fourth-order valence-corrected chi connectivity index (χ4v) is 2.35. The van der Waals surface area contributed by atoms with E-state index in [1.807, 2.05) is 18.7 Å². The maximum atomic E-state index is 11.7. The van der Waals surface area contributed by atoms with Gasteiger partial charge in [-0.1, -0.05) is 0 Å². The van der Waals surface area contributed by atoms with E-state index in [9.17, 15) is 4.79 Å². The second-order valence-corrected chi connectivity index (χ2v) is 4.40. The number of rotatable bonds is 1. The highest BCUT2D eigenvalue weighted by atomic mass is 16.6. The van der Waals surface area contributed by atoms with Crippen LogP contribution < -0.4 is 5.32 Å². The maximum absolute atomic E-state index is 11.7. The van der Waals surface area contributed by atoms with Gasteiger partial charge in [0.15, 0.2) is 0 Å². The minimum Gasteiger partial charge on any atom is -0.447 e. The van der Waals surface area contributed by atoms with Crippen molar-refractivity contribution < 1.29 is 9.53 Å². The lowest BCUT2D eigenvalue weighted by molar-refractivity contribution is 0.0734. The number of nitrogens with zero attached hydrogens (tertiary/aromatic N) is 1. The Hall–Kier alpha value is -0.770. The van der Waals surface area contributed by atoms with Gasteiger partial charge in [-0.15, -0.1) is 0 Å². The van der Waals surface area contributed by atoms with Gasteiger partial charge in [0.25, 0.3) is 0 Å². The van der Waals surface area contributed by atoms with Crippen molar-refractivity contribution in [1.82, 2.24) is 10.2 Å². The molecule has 0 bridgehead atoms. The third-order valence-corrected chi connectivity index (χ3v) is 3.02. The predicted molar refractivity (Wildman–Crippen MR) is 53.1 cm³/mol. The summed E-state index contributed by atoms with van der Waals surface area (Å²) in [6.45, 7) is 6.62. The zero-order valence-electron chi connectivity index (χ0n) is 8.82.